The molecule has 0 atom stereocenters. The third kappa shape index (κ3) is 1.98. The Kier molecular flexibility index (Phi) is 3.00. The number of ether oxygens (including phenoxy) is 1. The van der Waals surface area contributed by atoms with E-state index in [1.807, 2.05) is 18.2 Å². The van der Waals surface area contributed by atoms with Gasteiger partial charge in [-0.2, -0.15) is 0 Å². The van der Waals surface area contributed by atoms with Crippen LogP contribution in [-0.2, 0) is 13.0 Å². The number of rotatable bonds is 2. The normalized spacial score (nSPS) is 14.9. The number of hydrogen-bond donors (Lipinski definition) is 0. The molecule has 0 unspecified atom stereocenters. The SMILES string of the molecule is COc1cccc(-c2nnc3n2CCCCC3)c1. The largest absolute Gasteiger partial charge is 0.497 e. The molecule has 0 N–H and O–H groups in total. The number of aryl methyl sites for hydroxylation is 1. The van der Waals surface area contributed by atoms with Gasteiger partial charge >= 0.3 is 0 Å². The van der Waals surface area contributed by atoms with Gasteiger partial charge in [-0.1, -0.05) is 18.6 Å². The van der Waals surface area contributed by atoms with Gasteiger partial charge in [0, 0.05) is 18.5 Å². The molecular weight excluding hydrogens is 226 g/mol. The summed E-state index contributed by atoms with van der Waals surface area (Å²) >= 11 is 0. The highest BCUT2D eigenvalue weighted by Gasteiger charge is 2.15. The molecule has 0 fully saturated rings. The zero-order chi connectivity index (χ0) is 12.4. The first-order valence-corrected chi connectivity index (χ1v) is 6.45. The number of benzene rings is 1. The minimum Gasteiger partial charge on any atom is -0.497 e. The van der Waals surface area contributed by atoms with Crippen molar-refractivity contribution < 1.29 is 4.74 Å². The summed E-state index contributed by atoms with van der Waals surface area (Å²) in [6.45, 7) is 1.02. The van der Waals surface area contributed by atoms with Gasteiger partial charge in [0.1, 0.15) is 11.6 Å². The second kappa shape index (κ2) is 4.80. The molecule has 18 heavy (non-hydrogen) atoms. The zero-order valence-corrected chi connectivity index (χ0v) is 10.6. The molecule has 0 bridgehead atoms. The smallest absolute Gasteiger partial charge is 0.164 e. The topological polar surface area (TPSA) is 39.9 Å². The lowest BCUT2D eigenvalue weighted by molar-refractivity contribution is 0.415. The maximum Gasteiger partial charge on any atom is 0.164 e. The molecule has 0 radical (unpaired) electrons. The Labute approximate surface area is 107 Å². The lowest BCUT2D eigenvalue weighted by atomic mass is 10.2. The quantitative estimate of drug-likeness (QED) is 0.814. The Balaban J connectivity index is 2.03. The fourth-order valence-corrected chi connectivity index (χ4v) is 2.46. The molecule has 0 amide bonds. The van der Waals surface area contributed by atoms with Crippen LogP contribution in [0.5, 0.6) is 5.75 Å². The number of hydrogen-bond acceptors (Lipinski definition) is 3. The minimum absolute atomic E-state index is 0.860. The van der Waals surface area contributed by atoms with E-state index in [1.54, 1.807) is 7.11 Å². The number of methoxy groups -OCH3 is 1. The van der Waals surface area contributed by atoms with E-state index in [0.717, 1.165) is 35.9 Å². The van der Waals surface area contributed by atoms with Crippen LogP contribution in [0.4, 0.5) is 0 Å². The summed E-state index contributed by atoms with van der Waals surface area (Å²) in [5.74, 6) is 2.94. The minimum atomic E-state index is 0.860. The fraction of sp³-hybridized carbons (Fsp3) is 0.429. The van der Waals surface area contributed by atoms with Crippen molar-refractivity contribution in [3.63, 3.8) is 0 Å². The van der Waals surface area contributed by atoms with E-state index in [1.165, 1.54) is 19.3 Å². The molecule has 0 saturated heterocycles. The Morgan fingerprint density at radius 1 is 1.17 bits per heavy atom. The highest BCUT2D eigenvalue weighted by Crippen LogP contribution is 2.25. The van der Waals surface area contributed by atoms with Crippen molar-refractivity contribution in [3.05, 3.63) is 30.1 Å². The summed E-state index contributed by atoms with van der Waals surface area (Å²) in [6.07, 6.45) is 4.75. The van der Waals surface area contributed by atoms with Crippen LogP contribution in [0.1, 0.15) is 25.1 Å². The van der Waals surface area contributed by atoms with Crippen molar-refractivity contribution >= 4 is 0 Å². The van der Waals surface area contributed by atoms with Gasteiger partial charge in [0.15, 0.2) is 5.82 Å². The Bertz CT molecular complexity index is 548. The van der Waals surface area contributed by atoms with Crippen molar-refractivity contribution in [2.45, 2.75) is 32.2 Å². The summed E-state index contributed by atoms with van der Waals surface area (Å²) in [7, 11) is 1.68. The molecule has 0 saturated carbocycles. The van der Waals surface area contributed by atoms with Crippen molar-refractivity contribution in [1.82, 2.24) is 14.8 Å². The van der Waals surface area contributed by atoms with Gasteiger partial charge in [0.2, 0.25) is 0 Å². The highest BCUT2D eigenvalue weighted by atomic mass is 16.5. The zero-order valence-electron chi connectivity index (χ0n) is 10.6. The third-order valence-corrected chi connectivity index (χ3v) is 3.44. The van der Waals surface area contributed by atoms with Crippen molar-refractivity contribution in [2.75, 3.05) is 7.11 Å². The van der Waals surface area contributed by atoms with E-state index in [4.69, 9.17) is 4.74 Å². The predicted molar refractivity (Wildman–Crippen MR) is 69.6 cm³/mol. The van der Waals surface area contributed by atoms with Gasteiger partial charge in [-0.05, 0) is 25.0 Å². The van der Waals surface area contributed by atoms with Crippen LogP contribution >= 0.6 is 0 Å². The van der Waals surface area contributed by atoms with Crippen LogP contribution in [0.2, 0.25) is 0 Å². The van der Waals surface area contributed by atoms with E-state index in [-0.39, 0.29) is 0 Å². The first-order chi connectivity index (χ1) is 8.88. The second-order valence-corrected chi connectivity index (χ2v) is 4.63. The molecule has 4 nitrogen and oxygen atoms in total. The average molecular weight is 243 g/mol. The molecule has 1 aromatic carbocycles. The van der Waals surface area contributed by atoms with E-state index in [0.29, 0.717) is 0 Å². The molecule has 4 heteroatoms. The van der Waals surface area contributed by atoms with Crippen LogP contribution in [0.3, 0.4) is 0 Å². The molecule has 2 heterocycles. The highest BCUT2D eigenvalue weighted by molar-refractivity contribution is 5.58. The first kappa shape index (κ1) is 11.3. The van der Waals surface area contributed by atoms with Crippen LogP contribution in [0.25, 0.3) is 11.4 Å². The summed E-state index contributed by atoms with van der Waals surface area (Å²) < 4.78 is 7.52. The number of nitrogens with zero attached hydrogens (tertiary/aromatic N) is 3. The van der Waals surface area contributed by atoms with Crippen LogP contribution < -0.4 is 4.74 Å². The van der Waals surface area contributed by atoms with E-state index >= 15 is 0 Å². The third-order valence-electron chi connectivity index (χ3n) is 3.44. The van der Waals surface area contributed by atoms with Crippen LogP contribution in [-0.4, -0.2) is 21.9 Å². The molecule has 1 aromatic heterocycles. The second-order valence-electron chi connectivity index (χ2n) is 4.63. The molecule has 0 aliphatic carbocycles. The van der Waals surface area contributed by atoms with Gasteiger partial charge in [0.05, 0.1) is 7.11 Å². The summed E-state index contributed by atoms with van der Waals surface area (Å²) in [6, 6.07) is 8.02. The molecule has 1 aliphatic rings. The van der Waals surface area contributed by atoms with Gasteiger partial charge in [0.25, 0.3) is 0 Å². The molecule has 1 aliphatic heterocycles. The Hall–Kier alpha value is -1.84. The first-order valence-electron chi connectivity index (χ1n) is 6.45. The van der Waals surface area contributed by atoms with Gasteiger partial charge in [-0.15, -0.1) is 10.2 Å². The Morgan fingerprint density at radius 2 is 2.11 bits per heavy atom. The summed E-state index contributed by atoms with van der Waals surface area (Å²) in [5, 5.41) is 8.66. The molecular formula is C14H17N3O. The monoisotopic (exact) mass is 243 g/mol. The van der Waals surface area contributed by atoms with Crippen LogP contribution in [0.15, 0.2) is 24.3 Å². The predicted octanol–water partition coefficient (Wildman–Crippen LogP) is 2.68. The number of fused-ring (bicyclic) bond motifs is 1. The van der Waals surface area contributed by atoms with Gasteiger partial charge < -0.3 is 9.30 Å². The van der Waals surface area contributed by atoms with Gasteiger partial charge in [-0.3, -0.25) is 0 Å². The lowest BCUT2D eigenvalue weighted by Crippen LogP contribution is -2.02. The molecule has 3 rings (SSSR count). The van der Waals surface area contributed by atoms with Crippen molar-refractivity contribution in [2.24, 2.45) is 0 Å². The average Bonchev–Trinajstić information content (AvgIpc) is 2.68. The molecule has 94 valence electrons. The Morgan fingerprint density at radius 3 is 3.00 bits per heavy atom. The van der Waals surface area contributed by atoms with Gasteiger partial charge in [-0.25, -0.2) is 0 Å². The molecule has 2 aromatic rings. The maximum absolute atomic E-state index is 5.26. The van der Waals surface area contributed by atoms with E-state index in [2.05, 4.69) is 20.8 Å². The van der Waals surface area contributed by atoms with E-state index in [9.17, 15) is 0 Å². The summed E-state index contributed by atoms with van der Waals surface area (Å²) in [5.41, 5.74) is 1.08. The summed E-state index contributed by atoms with van der Waals surface area (Å²) in [4.78, 5) is 0. The standard InChI is InChI=1S/C14H17N3O/c1-18-12-7-5-6-11(10-12)14-16-15-13-8-3-2-4-9-17(13)14/h5-7,10H,2-4,8-9H2,1H3. The number of aromatic nitrogens is 3. The van der Waals surface area contributed by atoms with Crippen molar-refractivity contribution in [1.29, 1.82) is 0 Å². The van der Waals surface area contributed by atoms with Crippen LogP contribution in [0, 0.1) is 0 Å². The lowest BCUT2D eigenvalue weighted by Gasteiger charge is -2.07. The van der Waals surface area contributed by atoms with Crippen molar-refractivity contribution in [3.8, 4) is 17.1 Å². The fourth-order valence-electron chi connectivity index (χ4n) is 2.46. The molecule has 0 spiro atoms. The van der Waals surface area contributed by atoms with E-state index < -0.39 is 0 Å². The maximum atomic E-state index is 5.26.